The zero-order chi connectivity index (χ0) is 12.8. The van der Waals surface area contributed by atoms with Gasteiger partial charge < -0.3 is 10.2 Å². The van der Waals surface area contributed by atoms with E-state index in [2.05, 4.69) is 11.1 Å². The van der Waals surface area contributed by atoms with Crippen molar-refractivity contribution in [2.75, 3.05) is 5.75 Å². The second-order valence-electron chi connectivity index (χ2n) is 3.85. The van der Waals surface area contributed by atoms with Crippen molar-refractivity contribution in [3.8, 4) is 6.07 Å². The standard InChI is InChI=1S/C13H13N3OS/c14-10-13(15,11-4-2-1-3-5-11)6-9-18-12-16-7-8-17-12/h1-5,7-8H,6,9,15H2. The van der Waals surface area contributed by atoms with Crippen LogP contribution < -0.4 is 5.73 Å². The molecule has 0 spiro atoms. The van der Waals surface area contributed by atoms with Crippen molar-refractivity contribution in [2.24, 2.45) is 5.73 Å². The van der Waals surface area contributed by atoms with E-state index < -0.39 is 5.54 Å². The van der Waals surface area contributed by atoms with Crippen LogP contribution in [0.1, 0.15) is 12.0 Å². The molecule has 0 fully saturated rings. The quantitative estimate of drug-likeness (QED) is 0.835. The molecule has 1 heterocycles. The fraction of sp³-hybridized carbons (Fsp3) is 0.231. The van der Waals surface area contributed by atoms with Crippen LogP contribution in [-0.2, 0) is 5.54 Å². The Morgan fingerprint density at radius 1 is 1.39 bits per heavy atom. The molecule has 2 N–H and O–H groups in total. The Balaban J connectivity index is 1.99. The highest BCUT2D eigenvalue weighted by Crippen LogP contribution is 2.25. The van der Waals surface area contributed by atoms with Crippen LogP contribution in [0.3, 0.4) is 0 Å². The summed E-state index contributed by atoms with van der Waals surface area (Å²) in [7, 11) is 0. The van der Waals surface area contributed by atoms with Crippen LogP contribution in [-0.4, -0.2) is 10.7 Å². The number of thioether (sulfide) groups is 1. The zero-order valence-corrected chi connectivity index (χ0v) is 10.6. The van der Waals surface area contributed by atoms with Crippen LogP contribution >= 0.6 is 11.8 Å². The molecule has 1 atom stereocenters. The lowest BCUT2D eigenvalue weighted by Crippen LogP contribution is -2.35. The molecule has 2 aromatic rings. The van der Waals surface area contributed by atoms with Crippen LogP contribution in [0.25, 0.3) is 0 Å². The van der Waals surface area contributed by atoms with Gasteiger partial charge in [-0.15, -0.1) is 0 Å². The normalized spacial score (nSPS) is 13.8. The Bertz CT molecular complexity index is 521. The number of nitriles is 1. The molecule has 0 aliphatic heterocycles. The van der Waals surface area contributed by atoms with Crippen molar-refractivity contribution in [3.05, 3.63) is 48.4 Å². The third-order valence-electron chi connectivity index (χ3n) is 2.62. The number of rotatable bonds is 5. The van der Waals surface area contributed by atoms with Gasteiger partial charge in [-0.3, -0.25) is 0 Å². The summed E-state index contributed by atoms with van der Waals surface area (Å²) in [5.74, 6) is 0.680. The SMILES string of the molecule is N#CC(N)(CCSc1ncco1)c1ccccc1. The minimum Gasteiger partial charge on any atom is -0.440 e. The molecule has 18 heavy (non-hydrogen) atoms. The molecule has 1 unspecified atom stereocenters. The fourth-order valence-corrected chi connectivity index (χ4v) is 2.44. The first-order chi connectivity index (χ1) is 8.74. The number of nitrogens with two attached hydrogens (primary N) is 1. The minimum absolute atomic E-state index is 0.542. The van der Waals surface area contributed by atoms with E-state index in [0.717, 1.165) is 5.56 Å². The predicted octanol–water partition coefficient (Wildman–Crippen LogP) is 2.53. The van der Waals surface area contributed by atoms with Crippen molar-refractivity contribution in [3.63, 3.8) is 0 Å². The van der Waals surface area contributed by atoms with E-state index in [-0.39, 0.29) is 0 Å². The average Bonchev–Trinajstić information content (AvgIpc) is 2.93. The summed E-state index contributed by atoms with van der Waals surface area (Å²) in [4.78, 5) is 4.01. The number of benzene rings is 1. The molecule has 0 aliphatic carbocycles. The molecule has 1 aromatic heterocycles. The number of aromatic nitrogens is 1. The molecular weight excluding hydrogens is 246 g/mol. The monoisotopic (exact) mass is 259 g/mol. The van der Waals surface area contributed by atoms with Crippen molar-refractivity contribution in [1.29, 1.82) is 5.26 Å². The molecular formula is C13H13N3OS. The predicted molar refractivity (Wildman–Crippen MR) is 69.8 cm³/mol. The highest BCUT2D eigenvalue weighted by molar-refractivity contribution is 7.99. The number of hydrogen-bond donors (Lipinski definition) is 1. The molecule has 0 aliphatic rings. The van der Waals surface area contributed by atoms with Gasteiger partial charge in [-0.25, -0.2) is 4.98 Å². The van der Waals surface area contributed by atoms with Crippen molar-refractivity contribution in [2.45, 2.75) is 17.2 Å². The third kappa shape index (κ3) is 2.92. The Morgan fingerprint density at radius 2 is 2.17 bits per heavy atom. The van der Waals surface area contributed by atoms with E-state index in [0.29, 0.717) is 17.4 Å². The van der Waals surface area contributed by atoms with Gasteiger partial charge in [0.25, 0.3) is 5.22 Å². The fourth-order valence-electron chi connectivity index (χ4n) is 1.58. The maximum absolute atomic E-state index is 9.27. The van der Waals surface area contributed by atoms with Crippen LogP contribution in [0, 0.1) is 11.3 Å². The van der Waals surface area contributed by atoms with E-state index in [1.165, 1.54) is 18.0 Å². The highest BCUT2D eigenvalue weighted by Gasteiger charge is 2.26. The van der Waals surface area contributed by atoms with E-state index in [1.54, 1.807) is 6.20 Å². The lowest BCUT2D eigenvalue weighted by atomic mass is 9.90. The summed E-state index contributed by atoms with van der Waals surface area (Å²) in [5.41, 5.74) is 6.01. The zero-order valence-electron chi connectivity index (χ0n) is 9.74. The molecule has 92 valence electrons. The molecule has 0 amide bonds. The maximum atomic E-state index is 9.27. The number of hydrogen-bond acceptors (Lipinski definition) is 5. The molecule has 4 nitrogen and oxygen atoms in total. The summed E-state index contributed by atoms with van der Waals surface area (Å²) in [5, 5.41) is 9.87. The summed E-state index contributed by atoms with van der Waals surface area (Å²) in [6.45, 7) is 0. The average molecular weight is 259 g/mol. The van der Waals surface area contributed by atoms with E-state index >= 15 is 0 Å². The smallest absolute Gasteiger partial charge is 0.255 e. The van der Waals surface area contributed by atoms with Crippen LogP contribution in [0.2, 0.25) is 0 Å². The largest absolute Gasteiger partial charge is 0.440 e. The van der Waals surface area contributed by atoms with Gasteiger partial charge >= 0.3 is 0 Å². The molecule has 0 bridgehead atoms. The van der Waals surface area contributed by atoms with Crippen LogP contribution in [0.15, 0.2) is 52.4 Å². The Hall–Kier alpha value is -1.77. The van der Waals surface area contributed by atoms with Crippen LogP contribution in [0.5, 0.6) is 0 Å². The minimum atomic E-state index is -0.957. The van der Waals surface area contributed by atoms with Crippen LogP contribution in [0.4, 0.5) is 0 Å². The Labute approximate surface area is 110 Å². The van der Waals surface area contributed by atoms with Gasteiger partial charge in [0.15, 0.2) is 0 Å². The molecule has 5 heteroatoms. The van der Waals surface area contributed by atoms with E-state index in [9.17, 15) is 5.26 Å². The summed E-state index contributed by atoms with van der Waals surface area (Å²) in [6, 6.07) is 11.6. The first kappa shape index (κ1) is 12.7. The second-order valence-corrected chi connectivity index (χ2v) is 4.89. The van der Waals surface area contributed by atoms with Crippen molar-refractivity contribution < 1.29 is 4.42 Å². The number of nitrogens with zero attached hydrogens (tertiary/aromatic N) is 2. The van der Waals surface area contributed by atoms with Gasteiger partial charge in [0.05, 0.1) is 12.3 Å². The summed E-state index contributed by atoms with van der Waals surface area (Å²) >= 11 is 1.46. The van der Waals surface area contributed by atoms with Gasteiger partial charge in [0.2, 0.25) is 0 Å². The van der Waals surface area contributed by atoms with Gasteiger partial charge in [0, 0.05) is 5.75 Å². The summed E-state index contributed by atoms with van der Waals surface area (Å²) in [6.07, 6.45) is 3.67. The van der Waals surface area contributed by atoms with Crippen molar-refractivity contribution in [1.82, 2.24) is 4.98 Å². The molecule has 0 radical (unpaired) electrons. The second kappa shape index (κ2) is 5.71. The van der Waals surface area contributed by atoms with Gasteiger partial charge in [-0.1, -0.05) is 42.1 Å². The number of oxazole rings is 1. The van der Waals surface area contributed by atoms with E-state index in [1.807, 2.05) is 30.3 Å². The topological polar surface area (TPSA) is 75.8 Å². The third-order valence-corrected chi connectivity index (χ3v) is 3.48. The molecule has 1 aromatic carbocycles. The first-order valence-electron chi connectivity index (χ1n) is 5.52. The van der Waals surface area contributed by atoms with Gasteiger partial charge in [0.1, 0.15) is 11.8 Å². The van der Waals surface area contributed by atoms with E-state index in [4.69, 9.17) is 10.2 Å². The molecule has 0 saturated carbocycles. The van der Waals surface area contributed by atoms with Crippen molar-refractivity contribution >= 4 is 11.8 Å². The molecule has 0 saturated heterocycles. The lowest BCUT2D eigenvalue weighted by Gasteiger charge is -2.21. The first-order valence-corrected chi connectivity index (χ1v) is 6.51. The maximum Gasteiger partial charge on any atom is 0.255 e. The summed E-state index contributed by atoms with van der Waals surface area (Å²) < 4.78 is 5.12. The Kier molecular flexibility index (Phi) is 4.03. The Morgan fingerprint density at radius 3 is 2.78 bits per heavy atom. The molecule has 2 rings (SSSR count). The lowest BCUT2D eigenvalue weighted by molar-refractivity contribution is 0.453. The van der Waals surface area contributed by atoms with Gasteiger partial charge in [-0.2, -0.15) is 5.26 Å². The highest BCUT2D eigenvalue weighted by atomic mass is 32.2. The van der Waals surface area contributed by atoms with Gasteiger partial charge in [-0.05, 0) is 12.0 Å².